The normalized spacial score (nSPS) is 20.8. The zero-order valence-electron chi connectivity index (χ0n) is 23.0. The van der Waals surface area contributed by atoms with Crippen LogP contribution < -0.4 is 10.1 Å². The van der Waals surface area contributed by atoms with Gasteiger partial charge in [0.15, 0.2) is 0 Å². The van der Waals surface area contributed by atoms with Gasteiger partial charge in [-0.2, -0.15) is 5.26 Å². The van der Waals surface area contributed by atoms with E-state index in [1.807, 2.05) is 46.2 Å². The van der Waals surface area contributed by atoms with Crippen LogP contribution in [-0.2, 0) is 22.7 Å². The number of carbonyl (C=O) groups is 3. The molecule has 0 aromatic heterocycles. The first kappa shape index (κ1) is 26.6. The van der Waals surface area contributed by atoms with E-state index in [0.717, 1.165) is 24.0 Å². The van der Waals surface area contributed by atoms with Gasteiger partial charge in [0.05, 0.1) is 23.1 Å². The number of ether oxygens (including phenoxy) is 1. The molecule has 41 heavy (non-hydrogen) atoms. The minimum absolute atomic E-state index is 0.101. The molecule has 3 fully saturated rings. The molecule has 3 amide bonds. The number of nitriles is 1. The van der Waals surface area contributed by atoms with Crippen molar-refractivity contribution in [1.29, 1.82) is 5.26 Å². The molecule has 8 nitrogen and oxygen atoms in total. The van der Waals surface area contributed by atoms with E-state index in [9.17, 15) is 14.4 Å². The molecule has 2 heterocycles. The SMILES string of the molecule is C[C@H]1CC(=O)N(Cc2ccc(C(=O)N[C@@H]3CN(Cc4ccccc4)C(=O)C34CC4)cc2Oc2ccc(C#N)cc2)C1. The molecule has 2 atom stereocenters. The zero-order valence-corrected chi connectivity index (χ0v) is 23.0. The molecule has 3 aromatic carbocycles. The molecule has 0 bridgehead atoms. The summed E-state index contributed by atoms with van der Waals surface area (Å²) in [6.07, 6.45) is 2.07. The number of rotatable bonds is 8. The number of hydrogen-bond acceptors (Lipinski definition) is 5. The van der Waals surface area contributed by atoms with E-state index >= 15 is 0 Å². The van der Waals surface area contributed by atoms with Gasteiger partial charge in [-0.05, 0) is 60.7 Å². The molecule has 0 radical (unpaired) electrons. The lowest BCUT2D eigenvalue weighted by atomic mass is 9.99. The highest BCUT2D eigenvalue weighted by Gasteiger charge is 2.62. The zero-order chi connectivity index (χ0) is 28.6. The van der Waals surface area contributed by atoms with E-state index in [0.29, 0.717) is 61.1 Å². The summed E-state index contributed by atoms with van der Waals surface area (Å²) in [5.41, 5.74) is 2.28. The lowest BCUT2D eigenvalue weighted by molar-refractivity contribution is -0.132. The molecule has 3 aliphatic rings. The highest BCUT2D eigenvalue weighted by Crippen LogP contribution is 2.54. The van der Waals surface area contributed by atoms with E-state index in [1.165, 1.54) is 0 Å². The van der Waals surface area contributed by atoms with Gasteiger partial charge >= 0.3 is 0 Å². The van der Waals surface area contributed by atoms with Crippen LogP contribution in [0.3, 0.4) is 0 Å². The van der Waals surface area contributed by atoms with Crippen LogP contribution in [0.4, 0.5) is 0 Å². The summed E-state index contributed by atoms with van der Waals surface area (Å²) in [5, 5.41) is 12.3. The van der Waals surface area contributed by atoms with Crippen molar-refractivity contribution in [3.63, 3.8) is 0 Å². The van der Waals surface area contributed by atoms with Crippen molar-refractivity contribution < 1.29 is 19.1 Å². The largest absolute Gasteiger partial charge is 0.457 e. The van der Waals surface area contributed by atoms with Crippen molar-refractivity contribution in [3.8, 4) is 17.6 Å². The molecule has 1 spiro atoms. The van der Waals surface area contributed by atoms with Crippen LogP contribution in [0.2, 0.25) is 0 Å². The Morgan fingerprint density at radius 3 is 2.41 bits per heavy atom. The molecule has 2 saturated heterocycles. The molecule has 208 valence electrons. The molecule has 1 aliphatic carbocycles. The van der Waals surface area contributed by atoms with Gasteiger partial charge in [0.1, 0.15) is 11.5 Å². The Labute approximate surface area is 239 Å². The second-order valence-corrected chi connectivity index (χ2v) is 11.5. The van der Waals surface area contributed by atoms with Gasteiger partial charge in [0.2, 0.25) is 11.8 Å². The fourth-order valence-electron chi connectivity index (χ4n) is 5.98. The lowest BCUT2D eigenvalue weighted by Gasteiger charge is -2.21. The Hall–Kier alpha value is -4.64. The number of amides is 3. The third kappa shape index (κ3) is 5.40. The van der Waals surface area contributed by atoms with Gasteiger partial charge in [-0.3, -0.25) is 14.4 Å². The molecule has 1 N–H and O–H groups in total. The number of likely N-dealkylation sites (tertiary alicyclic amines) is 2. The first-order valence-electron chi connectivity index (χ1n) is 14.1. The summed E-state index contributed by atoms with van der Waals surface area (Å²) in [7, 11) is 0. The second kappa shape index (κ2) is 10.7. The number of benzene rings is 3. The summed E-state index contributed by atoms with van der Waals surface area (Å²) >= 11 is 0. The van der Waals surface area contributed by atoms with Gasteiger partial charge in [0, 0.05) is 43.7 Å². The molecule has 1 saturated carbocycles. The van der Waals surface area contributed by atoms with Gasteiger partial charge in [-0.1, -0.05) is 43.3 Å². The van der Waals surface area contributed by atoms with Crippen molar-refractivity contribution in [2.45, 2.75) is 45.3 Å². The van der Waals surface area contributed by atoms with Crippen LogP contribution in [0, 0.1) is 22.7 Å². The van der Waals surface area contributed by atoms with Crippen molar-refractivity contribution in [2.24, 2.45) is 11.3 Å². The Morgan fingerprint density at radius 1 is 1.00 bits per heavy atom. The highest BCUT2D eigenvalue weighted by atomic mass is 16.5. The summed E-state index contributed by atoms with van der Waals surface area (Å²) in [5.74, 6) is 1.24. The van der Waals surface area contributed by atoms with Crippen LogP contribution in [0.5, 0.6) is 11.5 Å². The van der Waals surface area contributed by atoms with E-state index in [4.69, 9.17) is 10.00 Å². The third-order valence-corrected chi connectivity index (χ3v) is 8.40. The Morgan fingerprint density at radius 2 is 1.76 bits per heavy atom. The van der Waals surface area contributed by atoms with Crippen LogP contribution in [0.25, 0.3) is 0 Å². The monoisotopic (exact) mass is 548 g/mol. The Bertz CT molecular complexity index is 1530. The van der Waals surface area contributed by atoms with Crippen molar-refractivity contribution >= 4 is 17.7 Å². The van der Waals surface area contributed by atoms with Crippen molar-refractivity contribution in [2.75, 3.05) is 13.1 Å². The number of carbonyl (C=O) groups excluding carboxylic acids is 3. The molecular formula is C33H32N4O4. The molecule has 6 rings (SSSR count). The van der Waals surface area contributed by atoms with Crippen LogP contribution in [0.15, 0.2) is 72.8 Å². The van der Waals surface area contributed by atoms with Crippen LogP contribution in [0.1, 0.15) is 53.2 Å². The maximum Gasteiger partial charge on any atom is 0.251 e. The van der Waals surface area contributed by atoms with Crippen molar-refractivity contribution in [1.82, 2.24) is 15.1 Å². The van der Waals surface area contributed by atoms with Crippen molar-refractivity contribution in [3.05, 3.63) is 95.1 Å². The van der Waals surface area contributed by atoms with E-state index in [-0.39, 0.29) is 23.8 Å². The number of nitrogens with zero attached hydrogens (tertiary/aromatic N) is 3. The quantitative estimate of drug-likeness (QED) is 0.442. The predicted octanol–water partition coefficient (Wildman–Crippen LogP) is 4.64. The molecule has 0 unspecified atom stereocenters. The maximum atomic E-state index is 13.5. The minimum atomic E-state index is -0.515. The van der Waals surface area contributed by atoms with E-state index in [1.54, 1.807) is 36.4 Å². The number of nitrogens with one attached hydrogen (secondary N) is 1. The molecular weight excluding hydrogens is 516 g/mol. The maximum absolute atomic E-state index is 13.5. The lowest BCUT2D eigenvalue weighted by Crippen LogP contribution is -2.41. The predicted molar refractivity (Wildman–Crippen MR) is 152 cm³/mol. The standard InChI is InChI=1S/C33H32N4O4/c1-22-15-30(38)36(18-22)20-26-10-9-25(16-28(26)41-27-11-7-23(17-34)8-12-27)31(39)35-29-21-37(32(40)33(29)13-14-33)19-24-5-3-2-4-6-24/h2-12,16,22,29H,13-15,18-21H2,1H3,(H,35,39)/t22-,29+/m0/s1. The van der Waals surface area contributed by atoms with Crippen LogP contribution >= 0.6 is 0 Å². The second-order valence-electron chi connectivity index (χ2n) is 11.5. The molecule has 3 aromatic rings. The van der Waals surface area contributed by atoms with Gasteiger partial charge in [0.25, 0.3) is 5.91 Å². The Kier molecular flexibility index (Phi) is 6.96. The summed E-state index contributed by atoms with van der Waals surface area (Å²) < 4.78 is 6.21. The third-order valence-electron chi connectivity index (χ3n) is 8.40. The minimum Gasteiger partial charge on any atom is -0.457 e. The van der Waals surface area contributed by atoms with Gasteiger partial charge < -0.3 is 19.9 Å². The molecule has 2 aliphatic heterocycles. The fraction of sp³-hybridized carbons (Fsp3) is 0.333. The van der Waals surface area contributed by atoms with Crippen LogP contribution in [-0.4, -0.2) is 46.7 Å². The average Bonchev–Trinajstić information content (AvgIpc) is 3.67. The highest BCUT2D eigenvalue weighted by molar-refractivity contribution is 5.97. The topological polar surface area (TPSA) is 103 Å². The Balaban J connectivity index is 1.22. The van der Waals surface area contributed by atoms with Gasteiger partial charge in [-0.15, -0.1) is 0 Å². The summed E-state index contributed by atoms with van der Waals surface area (Å²) in [6, 6.07) is 23.8. The van der Waals surface area contributed by atoms with Gasteiger partial charge in [-0.25, -0.2) is 0 Å². The van der Waals surface area contributed by atoms with E-state index in [2.05, 4.69) is 18.3 Å². The summed E-state index contributed by atoms with van der Waals surface area (Å²) in [4.78, 5) is 43.0. The number of hydrogen-bond donors (Lipinski definition) is 1. The first-order chi connectivity index (χ1) is 19.8. The van der Waals surface area contributed by atoms with E-state index < -0.39 is 5.41 Å². The molecule has 8 heteroatoms. The first-order valence-corrected chi connectivity index (χ1v) is 14.1. The summed E-state index contributed by atoms with van der Waals surface area (Å²) in [6.45, 7) is 4.11. The smallest absolute Gasteiger partial charge is 0.251 e. The average molecular weight is 549 g/mol. The fourth-order valence-corrected chi connectivity index (χ4v) is 5.98.